The van der Waals surface area contributed by atoms with Crippen LogP contribution in [0.1, 0.15) is 57.2 Å². The van der Waals surface area contributed by atoms with E-state index in [-0.39, 0.29) is 11.3 Å². The summed E-state index contributed by atoms with van der Waals surface area (Å²) in [7, 11) is 0. The molecule has 1 heterocycles. The first kappa shape index (κ1) is 23.9. The Labute approximate surface area is 194 Å². The first-order valence-corrected chi connectivity index (χ1v) is 11.5. The number of carbonyl (C=O) groups is 2. The third-order valence-electron chi connectivity index (χ3n) is 5.44. The van der Waals surface area contributed by atoms with Crippen molar-refractivity contribution in [2.45, 2.75) is 46.1 Å². The molecule has 1 unspecified atom stereocenters. The van der Waals surface area contributed by atoms with E-state index in [4.69, 9.17) is 16.3 Å². The van der Waals surface area contributed by atoms with Crippen LogP contribution < -0.4 is 4.74 Å². The molecule has 0 bridgehead atoms. The first-order valence-electron chi connectivity index (χ1n) is 11.1. The van der Waals surface area contributed by atoms with Gasteiger partial charge in [-0.1, -0.05) is 57.3 Å². The second-order valence-corrected chi connectivity index (χ2v) is 8.92. The minimum absolute atomic E-state index is 0.102. The molecule has 170 valence electrons. The second-order valence-electron chi connectivity index (χ2n) is 8.48. The number of hydrogen-bond acceptors (Lipinski definition) is 4. The smallest absolute Gasteiger partial charge is 0.295 e. The lowest BCUT2D eigenvalue weighted by atomic mass is 9.95. The van der Waals surface area contributed by atoms with Crippen LogP contribution in [0.3, 0.4) is 0 Å². The number of unbranched alkanes of at least 4 members (excludes halogenated alkanes) is 2. The number of likely N-dealkylation sites (tertiary alicyclic amines) is 1. The highest BCUT2D eigenvalue weighted by Gasteiger charge is 2.45. The molecule has 0 saturated carbocycles. The molecule has 0 aliphatic carbocycles. The molecule has 0 aromatic heterocycles. The number of aliphatic hydroxyl groups is 1. The summed E-state index contributed by atoms with van der Waals surface area (Å²) in [6.07, 6.45) is 2.74. The number of ether oxygens (including phenoxy) is 1. The Morgan fingerprint density at radius 1 is 1.06 bits per heavy atom. The quantitative estimate of drug-likeness (QED) is 0.218. The molecule has 1 aliphatic rings. The van der Waals surface area contributed by atoms with Crippen LogP contribution in [0.25, 0.3) is 5.76 Å². The maximum absolute atomic E-state index is 13.0. The van der Waals surface area contributed by atoms with Crippen molar-refractivity contribution in [2.24, 2.45) is 5.92 Å². The van der Waals surface area contributed by atoms with Gasteiger partial charge >= 0.3 is 0 Å². The number of benzene rings is 2. The highest BCUT2D eigenvalue weighted by Crippen LogP contribution is 2.40. The van der Waals surface area contributed by atoms with Crippen LogP contribution in [0.4, 0.5) is 0 Å². The Balaban J connectivity index is 2.00. The van der Waals surface area contributed by atoms with E-state index in [1.807, 2.05) is 0 Å². The first-order chi connectivity index (χ1) is 15.3. The molecule has 0 spiro atoms. The number of aliphatic hydroxyl groups excluding tert-OH is 1. The SMILES string of the molecule is CCCCCN1C(=O)C(=O)/C(=C(\O)c2ccc(OCC(C)C)cc2)C1c1ccc(Cl)cc1. The monoisotopic (exact) mass is 455 g/mol. The highest BCUT2D eigenvalue weighted by molar-refractivity contribution is 6.46. The van der Waals surface area contributed by atoms with Crippen molar-refractivity contribution in [3.05, 3.63) is 70.3 Å². The van der Waals surface area contributed by atoms with Crippen LogP contribution in [-0.2, 0) is 9.59 Å². The van der Waals surface area contributed by atoms with Crippen molar-refractivity contribution in [1.82, 2.24) is 4.90 Å². The van der Waals surface area contributed by atoms with E-state index in [1.54, 1.807) is 53.4 Å². The van der Waals surface area contributed by atoms with Gasteiger partial charge in [-0.25, -0.2) is 0 Å². The topological polar surface area (TPSA) is 66.8 Å². The van der Waals surface area contributed by atoms with Crippen LogP contribution >= 0.6 is 11.6 Å². The van der Waals surface area contributed by atoms with Crippen molar-refractivity contribution in [1.29, 1.82) is 0 Å². The maximum Gasteiger partial charge on any atom is 0.295 e. The molecular formula is C26H30ClNO4. The molecule has 1 saturated heterocycles. The lowest BCUT2D eigenvalue weighted by Crippen LogP contribution is -2.30. The van der Waals surface area contributed by atoms with Crippen LogP contribution in [0, 0.1) is 5.92 Å². The molecular weight excluding hydrogens is 426 g/mol. The number of ketones is 1. The fraction of sp³-hybridized carbons (Fsp3) is 0.385. The standard InChI is InChI=1S/C26H30ClNO4/c1-4-5-6-15-28-23(18-7-11-20(27)12-8-18)22(25(30)26(28)31)24(29)19-9-13-21(14-10-19)32-16-17(2)3/h7-14,17,23,29H,4-6,15-16H2,1-3H3/b24-22-. The summed E-state index contributed by atoms with van der Waals surface area (Å²) in [5.74, 6) is -0.356. The predicted molar refractivity (Wildman–Crippen MR) is 127 cm³/mol. The summed E-state index contributed by atoms with van der Waals surface area (Å²) in [5.41, 5.74) is 1.31. The van der Waals surface area contributed by atoms with E-state index in [0.29, 0.717) is 35.4 Å². The minimum Gasteiger partial charge on any atom is -0.507 e. The van der Waals surface area contributed by atoms with Gasteiger partial charge in [-0.05, 0) is 54.3 Å². The third-order valence-corrected chi connectivity index (χ3v) is 5.69. The summed E-state index contributed by atoms with van der Waals surface area (Å²) in [4.78, 5) is 27.4. The molecule has 2 aromatic carbocycles. The molecule has 1 aliphatic heterocycles. The third kappa shape index (κ3) is 5.33. The number of hydrogen-bond donors (Lipinski definition) is 1. The number of halogens is 1. The van der Waals surface area contributed by atoms with Gasteiger partial charge < -0.3 is 14.7 Å². The molecule has 2 aromatic rings. The summed E-state index contributed by atoms with van der Waals surface area (Å²) in [6, 6.07) is 13.3. The average molecular weight is 456 g/mol. The zero-order chi connectivity index (χ0) is 23.3. The van der Waals surface area contributed by atoms with Gasteiger partial charge in [-0.15, -0.1) is 0 Å². The highest BCUT2D eigenvalue weighted by atomic mass is 35.5. The van der Waals surface area contributed by atoms with Crippen molar-refractivity contribution < 1.29 is 19.4 Å². The number of nitrogens with zero attached hydrogens (tertiary/aromatic N) is 1. The second kappa shape index (κ2) is 10.7. The molecule has 32 heavy (non-hydrogen) atoms. The molecule has 5 nitrogen and oxygen atoms in total. The fourth-order valence-electron chi connectivity index (χ4n) is 3.76. The van der Waals surface area contributed by atoms with E-state index in [2.05, 4.69) is 20.8 Å². The number of rotatable bonds is 9. The zero-order valence-electron chi connectivity index (χ0n) is 18.8. The van der Waals surface area contributed by atoms with E-state index >= 15 is 0 Å². The van der Waals surface area contributed by atoms with E-state index < -0.39 is 17.7 Å². The van der Waals surface area contributed by atoms with Crippen LogP contribution in [0.15, 0.2) is 54.1 Å². The molecule has 0 radical (unpaired) electrons. The van der Waals surface area contributed by atoms with Crippen molar-refractivity contribution in [2.75, 3.05) is 13.2 Å². The number of carbonyl (C=O) groups excluding carboxylic acids is 2. The molecule has 1 fully saturated rings. The van der Waals surface area contributed by atoms with E-state index in [0.717, 1.165) is 24.8 Å². The summed E-state index contributed by atoms with van der Waals surface area (Å²) < 4.78 is 5.70. The Bertz CT molecular complexity index is 980. The molecule has 3 rings (SSSR count). The van der Waals surface area contributed by atoms with Gasteiger partial charge in [0.25, 0.3) is 11.7 Å². The largest absolute Gasteiger partial charge is 0.507 e. The molecule has 1 amide bonds. The normalized spacial score (nSPS) is 17.9. The summed E-state index contributed by atoms with van der Waals surface area (Å²) in [6.45, 7) is 7.25. The van der Waals surface area contributed by atoms with Gasteiger partial charge in [0.05, 0.1) is 18.2 Å². The van der Waals surface area contributed by atoms with Gasteiger partial charge in [-0.2, -0.15) is 0 Å². The Morgan fingerprint density at radius 3 is 2.31 bits per heavy atom. The van der Waals surface area contributed by atoms with Gasteiger partial charge in [0.15, 0.2) is 0 Å². The van der Waals surface area contributed by atoms with Crippen molar-refractivity contribution >= 4 is 29.1 Å². The molecule has 6 heteroatoms. The minimum atomic E-state index is -0.668. The fourth-order valence-corrected chi connectivity index (χ4v) is 3.89. The van der Waals surface area contributed by atoms with Gasteiger partial charge in [0, 0.05) is 17.1 Å². The van der Waals surface area contributed by atoms with Gasteiger partial charge in [0.2, 0.25) is 0 Å². The zero-order valence-corrected chi connectivity index (χ0v) is 19.6. The average Bonchev–Trinajstić information content (AvgIpc) is 3.03. The Kier molecular flexibility index (Phi) is 7.97. The Morgan fingerprint density at radius 2 is 1.72 bits per heavy atom. The molecule has 1 atom stereocenters. The van der Waals surface area contributed by atoms with E-state index in [1.165, 1.54) is 0 Å². The number of Topliss-reactive ketones (excluding diaryl/α,β-unsaturated/α-hetero) is 1. The Hall–Kier alpha value is -2.79. The van der Waals surface area contributed by atoms with Crippen molar-refractivity contribution in [3.8, 4) is 5.75 Å². The van der Waals surface area contributed by atoms with Crippen LogP contribution in [0.5, 0.6) is 5.75 Å². The lowest BCUT2D eigenvalue weighted by molar-refractivity contribution is -0.139. The predicted octanol–water partition coefficient (Wildman–Crippen LogP) is 5.99. The van der Waals surface area contributed by atoms with Gasteiger partial charge in [-0.3, -0.25) is 9.59 Å². The van der Waals surface area contributed by atoms with E-state index in [9.17, 15) is 14.7 Å². The maximum atomic E-state index is 13.0. The summed E-state index contributed by atoms with van der Waals surface area (Å²) >= 11 is 6.05. The van der Waals surface area contributed by atoms with Crippen molar-refractivity contribution in [3.63, 3.8) is 0 Å². The lowest BCUT2D eigenvalue weighted by Gasteiger charge is -2.25. The molecule has 1 N–H and O–H groups in total. The van der Waals surface area contributed by atoms with Crippen LogP contribution in [-0.4, -0.2) is 34.8 Å². The summed E-state index contributed by atoms with van der Waals surface area (Å²) in [5, 5.41) is 11.7. The van der Waals surface area contributed by atoms with Gasteiger partial charge in [0.1, 0.15) is 11.5 Å². The van der Waals surface area contributed by atoms with Crippen LogP contribution in [0.2, 0.25) is 5.02 Å². The number of amides is 1.